The van der Waals surface area contributed by atoms with Crippen molar-refractivity contribution in [3.05, 3.63) is 28.5 Å². The number of sulfonamides is 1. The Morgan fingerprint density at radius 3 is 2.79 bits per heavy atom. The lowest BCUT2D eigenvalue weighted by atomic mass is 10.1. The van der Waals surface area contributed by atoms with E-state index in [1.165, 1.54) is 10.5 Å². The average molecular weight is 371 g/mol. The number of hydrogen-bond acceptors (Lipinski definition) is 6. The highest BCUT2D eigenvalue weighted by Crippen LogP contribution is 2.22. The molecule has 0 radical (unpaired) electrons. The SMILES string of the molecule is Cc1cnc(CCN(C)S(=O)(=O)c2cnn(C3CCOCC3)c2)s1. The van der Waals surface area contributed by atoms with Crippen LogP contribution in [0.5, 0.6) is 0 Å². The van der Waals surface area contributed by atoms with Gasteiger partial charge in [0.05, 0.1) is 17.2 Å². The van der Waals surface area contributed by atoms with Crippen molar-refractivity contribution in [1.29, 1.82) is 0 Å². The van der Waals surface area contributed by atoms with Crippen molar-refractivity contribution in [3.63, 3.8) is 0 Å². The fourth-order valence-corrected chi connectivity index (χ4v) is 4.56. The third kappa shape index (κ3) is 3.85. The van der Waals surface area contributed by atoms with Gasteiger partial charge in [0.1, 0.15) is 4.90 Å². The van der Waals surface area contributed by atoms with Crippen molar-refractivity contribution in [1.82, 2.24) is 19.1 Å². The second-order valence-electron chi connectivity index (χ2n) is 5.94. The van der Waals surface area contributed by atoms with Crippen LogP contribution in [0.2, 0.25) is 0 Å². The number of hydrogen-bond donors (Lipinski definition) is 0. The van der Waals surface area contributed by atoms with E-state index in [2.05, 4.69) is 10.1 Å². The van der Waals surface area contributed by atoms with Gasteiger partial charge in [-0.3, -0.25) is 4.68 Å². The van der Waals surface area contributed by atoms with Crippen LogP contribution < -0.4 is 0 Å². The van der Waals surface area contributed by atoms with Crippen molar-refractivity contribution in [3.8, 4) is 0 Å². The van der Waals surface area contributed by atoms with Gasteiger partial charge >= 0.3 is 0 Å². The maximum atomic E-state index is 12.7. The average Bonchev–Trinajstić information content (AvgIpc) is 3.23. The summed E-state index contributed by atoms with van der Waals surface area (Å²) in [7, 11) is -1.93. The van der Waals surface area contributed by atoms with E-state index in [1.54, 1.807) is 29.3 Å². The van der Waals surface area contributed by atoms with E-state index >= 15 is 0 Å². The third-order valence-electron chi connectivity index (χ3n) is 4.16. The summed E-state index contributed by atoms with van der Waals surface area (Å²) >= 11 is 1.60. The smallest absolute Gasteiger partial charge is 0.245 e. The normalized spacial score (nSPS) is 16.8. The van der Waals surface area contributed by atoms with Crippen LogP contribution in [0, 0.1) is 6.92 Å². The Morgan fingerprint density at radius 2 is 2.12 bits per heavy atom. The maximum absolute atomic E-state index is 12.7. The van der Waals surface area contributed by atoms with Crippen LogP contribution in [0.15, 0.2) is 23.5 Å². The highest BCUT2D eigenvalue weighted by molar-refractivity contribution is 7.89. The molecule has 7 nitrogen and oxygen atoms in total. The van der Waals surface area contributed by atoms with Crippen LogP contribution in [0.25, 0.3) is 0 Å². The van der Waals surface area contributed by atoms with Crippen molar-refractivity contribution >= 4 is 21.4 Å². The fourth-order valence-electron chi connectivity index (χ4n) is 2.67. The molecule has 2 aromatic rings. The van der Waals surface area contributed by atoms with Crippen LogP contribution in [0.3, 0.4) is 0 Å². The second-order valence-corrected chi connectivity index (χ2v) is 9.31. The molecule has 1 aliphatic rings. The van der Waals surface area contributed by atoms with E-state index in [4.69, 9.17) is 4.74 Å². The topological polar surface area (TPSA) is 77.3 Å². The van der Waals surface area contributed by atoms with Crippen molar-refractivity contribution in [2.45, 2.75) is 37.1 Å². The molecule has 0 N–H and O–H groups in total. The number of rotatable bonds is 6. The first-order valence-electron chi connectivity index (χ1n) is 7.96. The molecule has 9 heteroatoms. The number of aromatic nitrogens is 3. The molecule has 3 heterocycles. The van der Waals surface area contributed by atoms with E-state index in [0.29, 0.717) is 26.2 Å². The van der Waals surface area contributed by atoms with E-state index in [9.17, 15) is 8.42 Å². The molecule has 2 aromatic heterocycles. The molecule has 0 aromatic carbocycles. The highest BCUT2D eigenvalue weighted by Gasteiger charge is 2.25. The number of likely N-dealkylation sites (N-methyl/N-ethyl adjacent to an activating group) is 1. The van der Waals surface area contributed by atoms with Crippen LogP contribution >= 0.6 is 11.3 Å². The molecule has 132 valence electrons. The van der Waals surface area contributed by atoms with Gasteiger partial charge in [0.2, 0.25) is 10.0 Å². The van der Waals surface area contributed by atoms with Gasteiger partial charge in [-0.2, -0.15) is 5.10 Å². The van der Waals surface area contributed by atoms with E-state index < -0.39 is 10.0 Å². The standard InChI is InChI=1S/C15H22N4O3S2/c1-12-9-16-15(23-12)3-6-18(2)24(20,21)14-10-17-19(11-14)13-4-7-22-8-5-13/h9-11,13H,3-8H2,1-2H3. The quantitative estimate of drug-likeness (QED) is 0.776. The molecule has 0 amide bonds. The van der Waals surface area contributed by atoms with Gasteiger partial charge in [-0.15, -0.1) is 11.3 Å². The van der Waals surface area contributed by atoms with Gasteiger partial charge in [0.15, 0.2) is 0 Å². The summed E-state index contributed by atoms with van der Waals surface area (Å²) in [6.45, 7) is 3.78. The first-order valence-corrected chi connectivity index (χ1v) is 10.2. The second kappa shape index (κ2) is 7.30. The number of ether oxygens (including phenoxy) is 1. The number of aryl methyl sites for hydroxylation is 1. The van der Waals surface area contributed by atoms with Gasteiger partial charge in [0, 0.05) is 50.5 Å². The molecule has 1 saturated heterocycles. The lowest BCUT2D eigenvalue weighted by Gasteiger charge is -2.22. The Kier molecular flexibility index (Phi) is 5.33. The zero-order chi connectivity index (χ0) is 17.2. The molecule has 0 spiro atoms. The molecule has 1 aliphatic heterocycles. The van der Waals surface area contributed by atoms with Gasteiger partial charge in [0.25, 0.3) is 0 Å². The van der Waals surface area contributed by atoms with Crippen molar-refractivity contribution in [2.24, 2.45) is 0 Å². The van der Waals surface area contributed by atoms with Crippen LogP contribution in [0.4, 0.5) is 0 Å². The van der Waals surface area contributed by atoms with Crippen LogP contribution in [0.1, 0.15) is 28.8 Å². The lowest BCUT2D eigenvalue weighted by molar-refractivity contribution is 0.0662. The van der Waals surface area contributed by atoms with Crippen molar-refractivity contribution < 1.29 is 13.2 Å². The number of nitrogens with zero attached hydrogens (tertiary/aromatic N) is 4. The third-order valence-corrected chi connectivity index (χ3v) is 6.94. The zero-order valence-electron chi connectivity index (χ0n) is 13.9. The fraction of sp³-hybridized carbons (Fsp3) is 0.600. The first kappa shape index (κ1) is 17.5. The molecule has 0 bridgehead atoms. The first-order chi connectivity index (χ1) is 11.5. The Hall–Kier alpha value is -1.29. The van der Waals surface area contributed by atoms with E-state index in [-0.39, 0.29) is 10.9 Å². The molecule has 0 aliphatic carbocycles. The summed E-state index contributed by atoms with van der Waals surface area (Å²) in [5, 5.41) is 5.21. The summed E-state index contributed by atoms with van der Waals surface area (Å²) in [6.07, 6.45) is 7.22. The Morgan fingerprint density at radius 1 is 1.38 bits per heavy atom. The molecule has 0 saturated carbocycles. The molecule has 0 atom stereocenters. The molecule has 0 unspecified atom stereocenters. The summed E-state index contributed by atoms with van der Waals surface area (Å²) < 4.78 is 33.8. The monoisotopic (exact) mass is 370 g/mol. The summed E-state index contributed by atoms with van der Waals surface area (Å²) in [4.78, 5) is 5.65. The molecular formula is C15H22N4O3S2. The van der Waals surface area contributed by atoms with Gasteiger partial charge in [-0.25, -0.2) is 17.7 Å². The Bertz CT molecular complexity index is 778. The van der Waals surface area contributed by atoms with E-state index in [1.807, 2.05) is 13.1 Å². The van der Waals surface area contributed by atoms with Crippen LogP contribution in [-0.2, 0) is 21.2 Å². The predicted molar refractivity (Wildman–Crippen MR) is 91.7 cm³/mol. The Balaban J connectivity index is 1.66. The van der Waals surface area contributed by atoms with E-state index in [0.717, 1.165) is 22.7 Å². The van der Waals surface area contributed by atoms with Crippen molar-refractivity contribution in [2.75, 3.05) is 26.8 Å². The largest absolute Gasteiger partial charge is 0.381 e. The minimum atomic E-state index is -3.52. The van der Waals surface area contributed by atoms with Gasteiger partial charge in [-0.05, 0) is 19.8 Å². The summed E-state index contributed by atoms with van der Waals surface area (Å²) in [5.74, 6) is 0. The molecule has 24 heavy (non-hydrogen) atoms. The molecule has 1 fully saturated rings. The van der Waals surface area contributed by atoms with Crippen LogP contribution in [-0.4, -0.2) is 54.3 Å². The van der Waals surface area contributed by atoms with Gasteiger partial charge in [-0.1, -0.05) is 0 Å². The lowest BCUT2D eigenvalue weighted by Crippen LogP contribution is -2.28. The Labute approximate surface area is 146 Å². The highest BCUT2D eigenvalue weighted by atomic mass is 32.2. The maximum Gasteiger partial charge on any atom is 0.245 e. The zero-order valence-corrected chi connectivity index (χ0v) is 15.5. The minimum absolute atomic E-state index is 0.214. The van der Waals surface area contributed by atoms with Gasteiger partial charge < -0.3 is 4.74 Å². The number of thiazole rings is 1. The molecular weight excluding hydrogens is 348 g/mol. The predicted octanol–water partition coefficient (Wildman–Crippen LogP) is 1.86. The summed E-state index contributed by atoms with van der Waals surface area (Å²) in [6, 6.07) is 0.214. The minimum Gasteiger partial charge on any atom is -0.381 e. The summed E-state index contributed by atoms with van der Waals surface area (Å²) in [5.41, 5.74) is 0. The molecule has 3 rings (SSSR count).